The fourth-order valence-corrected chi connectivity index (χ4v) is 3.73. The number of carbonyl (C=O) groups excluding carboxylic acids is 1. The van der Waals surface area contributed by atoms with Crippen LogP contribution in [-0.2, 0) is 17.8 Å². The van der Waals surface area contributed by atoms with Crippen LogP contribution in [0.4, 0.5) is 17.6 Å². The maximum atomic E-state index is 12.1. The first kappa shape index (κ1) is 22.0. The van der Waals surface area contributed by atoms with Crippen LogP contribution in [0.1, 0.15) is 35.4 Å². The van der Waals surface area contributed by atoms with E-state index in [-0.39, 0.29) is 18.5 Å². The van der Waals surface area contributed by atoms with E-state index in [0.29, 0.717) is 42.5 Å². The summed E-state index contributed by atoms with van der Waals surface area (Å²) in [5, 5.41) is 12.2. The average molecular weight is 444 g/mol. The molecule has 3 aromatic rings. The van der Waals surface area contributed by atoms with Crippen LogP contribution < -0.4 is 20.7 Å². The molecule has 9 heteroatoms. The molecule has 1 aromatic heterocycles. The summed E-state index contributed by atoms with van der Waals surface area (Å²) in [5.74, 6) is 1.63. The highest BCUT2D eigenvalue weighted by Gasteiger charge is 2.22. The summed E-state index contributed by atoms with van der Waals surface area (Å²) >= 11 is 0. The van der Waals surface area contributed by atoms with Crippen molar-refractivity contribution in [2.45, 2.75) is 32.8 Å². The summed E-state index contributed by atoms with van der Waals surface area (Å²) in [4.78, 5) is 26.6. The summed E-state index contributed by atoms with van der Waals surface area (Å²) in [7, 11) is 0. The number of aryl methyl sites for hydroxylation is 1. The molecule has 0 spiro atoms. The number of nitrogens with one attached hydrogen (secondary N) is 1. The average Bonchev–Trinajstić information content (AvgIpc) is 3.23. The molecule has 4 rings (SSSR count). The van der Waals surface area contributed by atoms with E-state index in [1.807, 2.05) is 43.3 Å². The largest absolute Gasteiger partial charge is 0.486 e. The third kappa shape index (κ3) is 5.74. The molecule has 168 valence electrons. The molecular weight excluding hydrogens is 418 g/mol. The van der Waals surface area contributed by atoms with Crippen LogP contribution in [0.3, 0.4) is 0 Å². The SMILES string of the molecule is Cc1cc(OCc2nc(N)nc(NCCc3cccc(C#N)c3)n2)cc(N2CCCC2=O)c1. The lowest BCUT2D eigenvalue weighted by molar-refractivity contribution is -0.117. The van der Waals surface area contributed by atoms with Crippen LogP contribution in [0.25, 0.3) is 0 Å². The van der Waals surface area contributed by atoms with E-state index in [0.717, 1.165) is 29.8 Å². The van der Waals surface area contributed by atoms with Crippen molar-refractivity contribution in [3.8, 4) is 11.8 Å². The zero-order chi connectivity index (χ0) is 23.2. The Bertz CT molecular complexity index is 1210. The van der Waals surface area contributed by atoms with E-state index in [1.54, 1.807) is 11.0 Å². The minimum atomic E-state index is 0.102. The third-order valence-corrected chi connectivity index (χ3v) is 5.24. The van der Waals surface area contributed by atoms with Crippen molar-refractivity contribution in [1.29, 1.82) is 5.26 Å². The number of benzene rings is 2. The zero-order valence-electron chi connectivity index (χ0n) is 18.4. The van der Waals surface area contributed by atoms with Gasteiger partial charge in [0.05, 0.1) is 11.6 Å². The smallest absolute Gasteiger partial charge is 0.227 e. The third-order valence-electron chi connectivity index (χ3n) is 5.24. The number of carbonyl (C=O) groups is 1. The monoisotopic (exact) mass is 443 g/mol. The molecule has 0 atom stereocenters. The van der Waals surface area contributed by atoms with Gasteiger partial charge in [0, 0.05) is 31.3 Å². The van der Waals surface area contributed by atoms with E-state index in [9.17, 15) is 4.79 Å². The molecule has 0 bridgehead atoms. The molecule has 0 aliphatic carbocycles. The number of nitrogens with zero attached hydrogens (tertiary/aromatic N) is 5. The molecule has 1 aliphatic rings. The van der Waals surface area contributed by atoms with Crippen molar-refractivity contribution in [2.24, 2.45) is 0 Å². The summed E-state index contributed by atoms with van der Waals surface area (Å²) < 4.78 is 5.91. The highest BCUT2D eigenvalue weighted by atomic mass is 16.5. The van der Waals surface area contributed by atoms with E-state index in [2.05, 4.69) is 26.3 Å². The molecule has 1 aliphatic heterocycles. The standard InChI is InChI=1S/C24H25N7O2/c1-16-10-19(31-9-3-6-22(31)32)13-20(11-16)33-15-21-28-23(26)30-24(29-21)27-8-7-17-4-2-5-18(12-17)14-25/h2,4-5,10-13H,3,6-9,15H2,1H3,(H3,26,27,28,29,30). The van der Waals surface area contributed by atoms with Crippen molar-refractivity contribution >= 4 is 23.5 Å². The molecule has 33 heavy (non-hydrogen) atoms. The molecule has 1 saturated heterocycles. The first-order valence-electron chi connectivity index (χ1n) is 10.8. The second-order valence-electron chi connectivity index (χ2n) is 7.86. The number of nitrogens with two attached hydrogens (primary N) is 1. The van der Waals surface area contributed by atoms with Gasteiger partial charge in [0.25, 0.3) is 0 Å². The van der Waals surface area contributed by atoms with Crippen LogP contribution in [0.5, 0.6) is 5.75 Å². The van der Waals surface area contributed by atoms with E-state index < -0.39 is 0 Å². The number of rotatable bonds is 8. The Labute approximate surface area is 192 Å². The number of nitriles is 1. The summed E-state index contributed by atoms with van der Waals surface area (Å²) in [6.07, 6.45) is 2.15. The Hall–Kier alpha value is -4.19. The van der Waals surface area contributed by atoms with Crippen LogP contribution in [0.15, 0.2) is 42.5 Å². The van der Waals surface area contributed by atoms with Gasteiger partial charge in [0.2, 0.25) is 17.8 Å². The van der Waals surface area contributed by atoms with Crippen molar-refractivity contribution in [1.82, 2.24) is 15.0 Å². The fourth-order valence-electron chi connectivity index (χ4n) is 3.73. The molecule has 0 radical (unpaired) electrons. The van der Waals surface area contributed by atoms with E-state index in [4.69, 9.17) is 15.7 Å². The van der Waals surface area contributed by atoms with Crippen LogP contribution >= 0.6 is 0 Å². The number of aromatic nitrogens is 3. The molecule has 1 fully saturated rings. The Kier molecular flexibility index (Phi) is 6.64. The topological polar surface area (TPSA) is 130 Å². The summed E-state index contributed by atoms with van der Waals surface area (Å²) in [6, 6.07) is 15.3. The van der Waals surface area contributed by atoms with Crippen LogP contribution in [0.2, 0.25) is 0 Å². The Balaban J connectivity index is 1.38. The molecule has 2 aromatic carbocycles. The van der Waals surface area contributed by atoms with Gasteiger partial charge in [-0.15, -0.1) is 0 Å². The Morgan fingerprint density at radius 2 is 2.09 bits per heavy atom. The number of ether oxygens (including phenoxy) is 1. The van der Waals surface area contributed by atoms with Gasteiger partial charge in [-0.1, -0.05) is 12.1 Å². The Morgan fingerprint density at radius 1 is 1.21 bits per heavy atom. The van der Waals surface area contributed by atoms with Crippen molar-refractivity contribution in [3.63, 3.8) is 0 Å². The second-order valence-corrected chi connectivity index (χ2v) is 7.86. The zero-order valence-corrected chi connectivity index (χ0v) is 18.4. The fraction of sp³-hybridized carbons (Fsp3) is 0.292. The lowest BCUT2D eigenvalue weighted by Gasteiger charge is -2.18. The van der Waals surface area contributed by atoms with Gasteiger partial charge in [0.15, 0.2) is 5.82 Å². The number of anilines is 3. The number of hydrogen-bond acceptors (Lipinski definition) is 8. The summed E-state index contributed by atoms with van der Waals surface area (Å²) in [6.45, 7) is 3.37. The van der Waals surface area contributed by atoms with Crippen molar-refractivity contribution in [2.75, 3.05) is 29.0 Å². The quantitative estimate of drug-likeness (QED) is 0.543. The van der Waals surface area contributed by atoms with E-state index >= 15 is 0 Å². The molecular formula is C24H25N7O2. The highest BCUT2D eigenvalue weighted by Crippen LogP contribution is 2.27. The molecule has 1 amide bonds. The number of nitrogen functional groups attached to an aromatic ring is 1. The molecule has 0 unspecified atom stereocenters. The maximum Gasteiger partial charge on any atom is 0.227 e. The van der Waals surface area contributed by atoms with Gasteiger partial charge in [-0.3, -0.25) is 4.79 Å². The molecule has 0 saturated carbocycles. The van der Waals surface area contributed by atoms with E-state index in [1.165, 1.54) is 0 Å². The van der Waals surface area contributed by atoms with Gasteiger partial charge in [-0.25, -0.2) is 0 Å². The normalized spacial score (nSPS) is 13.1. The summed E-state index contributed by atoms with van der Waals surface area (Å²) in [5.41, 5.74) is 9.37. The van der Waals surface area contributed by atoms with Crippen LogP contribution in [0, 0.1) is 18.3 Å². The molecule has 9 nitrogen and oxygen atoms in total. The van der Waals surface area contributed by atoms with Gasteiger partial charge >= 0.3 is 0 Å². The number of amides is 1. The van der Waals surface area contributed by atoms with Crippen LogP contribution in [-0.4, -0.2) is 33.9 Å². The van der Waals surface area contributed by atoms with Gasteiger partial charge in [-0.2, -0.15) is 20.2 Å². The minimum Gasteiger partial charge on any atom is -0.486 e. The lowest BCUT2D eigenvalue weighted by Crippen LogP contribution is -2.23. The first-order valence-corrected chi connectivity index (χ1v) is 10.8. The second kappa shape index (κ2) is 9.96. The van der Waals surface area contributed by atoms with Gasteiger partial charge in [0.1, 0.15) is 12.4 Å². The Morgan fingerprint density at radius 3 is 2.88 bits per heavy atom. The highest BCUT2D eigenvalue weighted by molar-refractivity contribution is 5.95. The molecule has 3 N–H and O–H groups in total. The number of hydrogen-bond donors (Lipinski definition) is 2. The predicted molar refractivity (Wildman–Crippen MR) is 125 cm³/mol. The minimum absolute atomic E-state index is 0.102. The van der Waals surface area contributed by atoms with Gasteiger partial charge in [-0.05, 0) is 55.2 Å². The predicted octanol–water partition coefficient (Wildman–Crippen LogP) is 2.99. The van der Waals surface area contributed by atoms with Crippen molar-refractivity contribution in [3.05, 3.63) is 65.0 Å². The lowest BCUT2D eigenvalue weighted by atomic mass is 10.1. The molecule has 2 heterocycles. The van der Waals surface area contributed by atoms with Crippen molar-refractivity contribution < 1.29 is 9.53 Å². The maximum absolute atomic E-state index is 12.1. The first-order chi connectivity index (χ1) is 16.0. The van der Waals surface area contributed by atoms with Gasteiger partial charge < -0.3 is 20.7 Å².